The third-order valence-corrected chi connectivity index (χ3v) is 4.14. The Morgan fingerprint density at radius 1 is 1.14 bits per heavy atom. The second-order valence-corrected chi connectivity index (χ2v) is 5.61. The van der Waals surface area contributed by atoms with Gasteiger partial charge in [0, 0.05) is 18.3 Å². The van der Waals surface area contributed by atoms with Crippen LogP contribution in [0, 0.1) is 13.8 Å². The SMILES string of the molecule is CCc1cccc(NC)c1COc1cc(C)c(C)cc1Cl. The molecule has 1 N–H and O–H groups in total. The van der Waals surface area contributed by atoms with E-state index < -0.39 is 0 Å². The number of aryl methyl sites for hydroxylation is 3. The molecule has 3 heteroatoms. The van der Waals surface area contributed by atoms with Gasteiger partial charge in [0.2, 0.25) is 0 Å². The zero-order valence-corrected chi connectivity index (χ0v) is 13.8. The molecule has 0 fully saturated rings. The van der Waals surface area contributed by atoms with Crippen LogP contribution in [-0.2, 0) is 13.0 Å². The van der Waals surface area contributed by atoms with Crippen LogP contribution in [0.4, 0.5) is 5.69 Å². The lowest BCUT2D eigenvalue weighted by atomic mass is 10.0. The molecule has 0 aliphatic heterocycles. The summed E-state index contributed by atoms with van der Waals surface area (Å²) in [6.45, 7) is 6.79. The smallest absolute Gasteiger partial charge is 0.138 e. The molecule has 0 bridgehead atoms. The van der Waals surface area contributed by atoms with Crippen LogP contribution in [0.1, 0.15) is 29.2 Å². The van der Waals surface area contributed by atoms with Crippen molar-refractivity contribution in [2.24, 2.45) is 0 Å². The number of hydrogen-bond donors (Lipinski definition) is 1. The number of benzene rings is 2. The van der Waals surface area contributed by atoms with Gasteiger partial charge in [0.25, 0.3) is 0 Å². The number of halogens is 1. The molecule has 2 rings (SSSR count). The van der Waals surface area contributed by atoms with E-state index in [0.717, 1.165) is 17.9 Å². The van der Waals surface area contributed by atoms with E-state index in [0.29, 0.717) is 11.6 Å². The van der Waals surface area contributed by atoms with Gasteiger partial charge in [0.15, 0.2) is 0 Å². The van der Waals surface area contributed by atoms with Gasteiger partial charge in [-0.2, -0.15) is 0 Å². The van der Waals surface area contributed by atoms with Gasteiger partial charge in [-0.15, -0.1) is 0 Å². The summed E-state index contributed by atoms with van der Waals surface area (Å²) >= 11 is 6.27. The fraction of sp³-hybridized carbons (Fsp3) is 0.333. The molecule has 0 amide bonds. The number of hydrogen-bond acceptors (Lipinski definition) is 2. The fourth-order valence-corrected chi connectivity index (χ4v) is 2.66. The molecule has 0 spiro atoms. The third-order valence-electron chi connectivity index (χ3n) is 3.84. The highest BCUT2D eigenvalue weighted by Crippen LogP contribution is 2.30. The molecule has 0 aliphatic rings. The van der Waals surface area contributed by atoms with E-state index in [1.54, 1.807) is 0 Å². The van der Waals surface area contributed by atoms with E-state index in [1.165, 1.54) is 22.3 Å². The molecule has 0 atom stereocenters. The van der Waals surface area contributed by atoms with Crippen molar-refractivity contribution in [2.75, 3.05) is 12.4 Å². The Morgan fingerprint density at radius 3 is 2.52 bits per heavy atom. The molecule has 0 radical (unpaired) electrons. The lowest BCUT2D eigenvalue weighted by Gasteiger charge is -2.16. The van der Waals surface area contributed by atoms with Crippen LogP contribution in [0.3, 0.4) is 0 Å². The maximum Gasteiger partial charge on any atom is 0.138 e. The summed E-state index contributed by atoms with van der Waals surface area (Å²) in [6.07, 6.45) is 0.981. The highest BCUT2D eigenvalue weighted by Gasteiger charge is 2.10. The van der Waals surface area contributed by atoms with E-state index in [9.17, 15) is 0 Å². The molecule has 21 heavy (non-hydrogen) atoms. The van der Waals surface area contributed by atoms with Gasteiger partial charge in [-0.05, 0) is 55.2 Å². The molecule has 2 aromatic carbocycles. The quantitative estimate of drug-likeness (QED) is 0.825. The zero-order valence-electron chi connectivity index (χ0n) is 13.1. The predicted molar refractivity (Wildman–Crippen MR) is 90.6 cm³/mol. The van der Waals surface area contributed by atoms with Crippen LogP contribution in [0.25, 0.3) is 0 Å². The average Bonchev–Trinajstić information content (AvgIpc) is 2.49. The average molecular weight is 304 g/mol. The van der Waals surface area contributed by atoms with Gasteiger partial charge in [-0.3, -0.25) is 0 Å². The normalized spacial score (nSPS) is 10.5. The summed E-state index contributed by atoms with van der Waals surface area (Å²) in [5.41, 5.74) is 5.96. The number of anilines is 1. The Bertz CT molecular complexity index is 615. The van der Waals surface area contributed by atoms with Crippen molar-refractivity contribution in [3.8, 4) is 5.75 Å². The summed E-state index contributed by atoms with van der Waals surface area (Å²) < 4.78 is 5.97. The van der Waals surface area contributed by atoms with Crippen molar-refractivity contribution < 1.29 is 4.74 Å². The first kappa shape index (κ1) is 15.7. The minimum atomic E-state index is 0.516. The molecule has 0 aromatic heterocycles. The van der Waals surface area contributed by atoms with Gasteiger partial charge in [0.05, 0.1) is 5.02 Å². The van der Waals surface area contributed by atoms with Crippen LogP contribution in [0.15, 0.2) is 30.3 Å². The lowest BCUT2D eigenvalue weighted by molar-refractivity contribution is 0.305. The summed E-state index contributed by atoms with van der Waals surface area (Å²) in [4.78, 5) is 0. The minimum absolute atomic E-state index is 0.516. The second kappa shape index (κ2) is 6.86. The van der Waals surface area contributed by atoms with Crippen molar-refractivity contribution in [1.82, 2.24) is 0 Å². The molecule has 2 aromatic rings. The zero-order chi connectivity index (χ0) is 15.4. The van der Waals surface area contributed by atoms with E-state index in [1.807, 2.05) is 19.2 Å². The van der Waals surface area contributed by atoms with Crippen LogP contribution < -0.4 is 10.1 Å². The summed E-state index contributed by atoms with van der Waals surface area (Å²) in [6, 6.07) is 10.2. The number of rotatable bonds is 5. The summed E-state index contributed by atoms with van der Waals surface area (Å²) in [5.74, 6) is 0.743. The molecule has 0 aliphatic carbocycles. The molecule has 0 saturated carbocycles. The van der Waals surface area contributed by atoms with E-state index in [-0.39, 0.29) is 0 Å². The van der Waals surface area contributed by atoms with E-state index in [4.69, 9.17) is 16.3 Å². The number of nitrogens with one attached hydrogen (secondary N) is 1. The van der Waals surface area contributed by atoms with Crippen LogP contribution in [-0.4, -0.2) is 7.05 Å². The van der Waals surface area contributed by atoms with E-state index >= 15 is 0 Å². The first-order chi connectivity index (χ1) is 10.1. The standard InChI is InChI=1S/C18H22ClNO/c1-5-14-7-6-8-17(20-4)15(14)11-21-18-10-13(3)12(2)9-16(18)19/h6-10,20H,5,11H2,1-4H3. The van der Waals surface area contributed by atoms with Gasteiger partial charge in [0.1, 0.15) is 12.4 Å². The third kappa shape index (κ3) is 3.51. The van der Waals surface area contributed by atoms with Crippen LogP contribution >= 0.6 is 11.6 Å². The molecule has 0 heterocycles. The van der Waals surface area contributed by atoms with Crippen LogP contribution in [0.2, 0.25) is 5.02 Å². The van der Waals surface area contributed by atoms with Crippen molar-refractivity contribution >= 4 is 17.3 Å². The van der Waals surface area contributed by atoms with Crippen molar-refractivity contribution in [2.45, 2.75) is 33.8 Å². The van der Waals surface area contributed by atoms with Crippen LogP contribution in [0.5, 0.6) is 5.75 Å². The Morgan fingerprint density at radius 2 is 1.86 bits per heavy atom. The largest absolute Gasteiger partial charge is 0.487 e. The molecular formula is C18H22ClNO. The molecule has 2 nitrogen and oxygen atoms in total. The molecule has 0 unspecified atom stereocenters. The summed E-state index contributed by atoms with van der Waals surface area (Å²) in [7, 11) is 1.93. The second-order valence-electron chi connectivity index (χ2n) is 5.20. The van der Waals surface area contributed by atoms with Gasteiger partial charge in [-0.1, -0.05) is 30.7 Å². The number of ether oxygens (including phenoxy) is 1. The first-order valence-corrected chi connectivity index (χ1v) is 7.62. The minimum Gasteiger partial charge on any atom is -0.487 e. The highest BCUT2D eigenvalue weighted by molar-refractivity contribution is 6.32. The topological polar surface area (TPSA) is 21.3 Å². The first-order valence-electron chi connectivity index (χ1n) is 7.24. The van der Waals surface area contributed by atoms with Crippen molar-refractivity contribution in [3.63, 3.8) is 0 Å². The molecule has 112 valence electrons. The van der Waals surface area contributed by atoms with Gasteiger partial charge < -0.3 is 10.1 Å². The molecular weight excluding hydrogens is 282 g/mol. The Balaban J connectivity index is 2.26. The van der Waals surface area contributed by atoms with Gasteiger partial charge in [-0.25, -0.2) is 0 Å². The maximum absolute atomic E-state index is 6.27. The predicted octanol–water partition coefficient (Wildman–Crippen LogP) is 5.14. The maximum atomic E-state index is 6.27. The highest BCUT2D eigenvalue weighted by atomic mass is 35.5. The van der Waals surface area contributed by atoms with E-state index in [2.05, 4.69) is 44.3 Å². The fourth-order valence-electron chi connectivity index (χ4n) is 2.39. The monoisotopic (exact) mass is 303 g/mol. The summed E-state index contributed by atoms with van der Waals surface area (Å²) in [5, 5.41) is 3.89. The van der Waals surface area contributed by atoms with Crippen molar-refractivity contribution in [3.05, 3.63) is 57.6 Å². The Labute approximate surface area is 132 Å². The Kier molecular flexibility index (Phi) is 5.13. The Hall–Kier alpha value is -1.67. The molecule has 0 saturated heterocycles. The van der Waals surface area contributed by atoms with Crippen molar-refractivity contribution in [1.29, 1.82) is 0 Å². The van der Waals surface area contributed by atoms with Gasteiger partial charge >= 0.3 is 0 Å². The lowest BCUT2D eigenvalue weighted by Crippen LogP contribution is -2.05.